The SMILES string of the molecule is COc1ccc(C(=O)N(CC(=O)N(Cc2ccc(F)cc2)Cc2ccc(C)o2)CC(C)C)c(OC)c1. The van der Waals surface area contributed by atoms with Gasteiger partial charge in [0.15, 0.2) is 0 Å². The lowest BCUT2D eigenvalue weighted by molar-refractivity contribution is -0.133. The van der Waals surface area contributed by atoms with Crippen LogP contribution >= 0.6 is 0 Å². The Morgan fingerprint density at radius 3 is 2.25 bits per heavy atom. The van der Waals surface area contributed by atoms with E-state index in [4.69, 9.17) is 13.9 Å². The van der Waals surface area contributed by atoms with Gasteiger partial charge in [-0.25, -0.2) is 4.39 Å². The number of benzene rings is 2. The van der Waals surface area contributed by atoms with Crippen LogP contribution in [0.3, 0.4) is 0 Å². The number of aryl methyl sites for hydroxylation is 1. The summed E-state index contributed by atoms with van der Waals surface area (Å²) in [6, 6.07) is 14.6. The minimum absolute atomic E-state index is 0.129. The van der Waals surface area contributed by atoms with Gasteiger partial charge in [0.25, 0.3) is 5.91 Å². The number of carbonyl (C=O) groups is 2. The van der Waals surface area contributed by atoms with E-state index in [-0.39, 0.29) is 43.2 Å². The molecule has 0 radical (unpaired) electrons. The van der Waals surface area contributed by atoms with Gasteiger partial charge in [0, 0.05) is 19.2 Å². The van der Waals surface area contributed by atoms with Gasteiger partial charge in [0.2, 0.25) is 5.91 Å². The van der Waals surface area contributed by atoms with Crippen LogP contribution in [0.2, 0.25) is 0 Å². The molecule has 0 atom stereocenters. The summed E-state index contributed by atoms with van der Waals surface area (Å²) in [7, 11) is 3.02. The second-order valence-electron chi connectivity index (χ2n) is 9.03. The molecule has 2 amide bonds. The average Bonchev–Trinajstić information content (AvgIpc) is 3.27. The van der Waals surface area contributed by atoms with Gasteiger partial charge in [-0.3, -0.25) is 9.59 Å². The van der Waals surface area contributed by atoms with Gasteiger partial charge >= 0.3 is 0 Å². The molecule has 0 unspecified atom stereocenters. The van der Waals surface area contributed by atoms with E-state index in [1.54, 1.807) is 35.2 Å². The summed E-state index contributed by atoms with van der Waals surface area (Å²) >= 11 is 0. The Morgan fingerprint density at radius 1 is 0.944 bits per heavy atom. The molecule has 0 aliphatic carbocycles. The predicted molar refractivity (Wildman–Crippen MR) is 134 cm³/mol. The standard InChI is InChI=1S/C28H33FN2O5/c1-19(2)15-31(28(33)25-13-12-23(34-4)14-26(25)35-5)18-27(32)30(17-24-11-6-20(3)36-24)16-21-7-9-22(29)10-8-21/h6-14,19H,15-18H2,1-5H3. The van der Waals surface area contributed by atoms with Crippen LogP contribution < -0.4 is 9.47 Å². The lowest BCUT2D eigenvalue weighted by Crippen LogP contribution is -2.44. The minimum atomic E-state index is -0.347. The monoisotopic (exact) mass is 496 g/mol. The number of ether oxygens (including phenoxy) is 2. The quantitative estimate of drug-likeness (QED) is 0.371. The molecule has 0 N–H and O–H groups in total. The molecule has 0 aliphatic rings. The molecule has 0 aliphatic heterocycles. The van der Waals surface area contributed by atoms with Gasteiger partial charge in [0.1, 0.15) is 35.4 Å². The third kappa shape index (κ3) is 7.10. The number of methoxy groups -OCH3 is 2. The van der Waals surface area contributed by atoms with E-state index in [0.717, 1.165) is 11.3 Å². The highest BCUT2D eigenvalue weighted by atomic mass is 19.1. The van der Waals surface area contributed by atoms with Gasteiger partial charge in [-0.15, -0.1) is 0 Å². The normalized spacial score (nSPS) is 10.9. The van der Waals surface area contributed by atoms with E-state index >= 15 is 0 Å². The fourth-order valence-electron chi connectivity index (χ4n) is 3.87. The van der Waals surface area contributed by atoms with Crippen LogP contribution in [0.4, 0.5) is 4.39 Å². The Balaban J connectivity index is 1.87. The molecule has 0 saturated carbocycles. The van der Waals surface area contributed by atoms with Crippen LogP contribution in [0.25, 0.3) is 0 Å². The predicted octanol–water partition coefficient (Wildman–Crippen LogP) is 5.07. The number of halogens is 1. The van der Waals surface area contributed by atoms with Gasteiger partial charge in [-0.1, -0.05) is 26.0 Å². The first-order valence-electron chi connectivity index (χ1n) is 11.8. The maximum atomic E-state index is 13.6. The van der Waals surface area contributed by atoms with Gasteiger partial charge in [-0.2, -0.15) is 0 Å². The number of nitrogens with zero attached hydrogens (tertiary/aromatic N) is 2. The molecule has 0 fully saturated rings. The van der Waals surface area contributed by atoms with E-state index in [1.165, 1.54) is 31.3 Å². The first-order chi connectivity index (χ1) is 17.2. The largest absolute Gasteiger partial charge is 0.497 e. The smallest absolute Gasteiger partial charge is 0.258 e. The molecule has 2 aromatic carbocycles. The molecule has 7 nitrogen and oxygen atoms in total. The number of rotatable bonds is 11. The highest BCUT2D eigenvalue weighted by Crippen LogP contribution is 2.26. The molecule has 3 aromatic rings. The number of carbonyl (C=O) groups excluding carboxylic acids is 2. The summed E-state index contributed by atoms with van der Waals surface area (Å²) in [4.78, 5) is 30.3. The van der Waals surface area contributed by atoms with E-state index in [1.807, 2.05) is 32.9 Å². The first-order valence-corrected chi connectivity index (χ1v) is 11.8. The molecule has 192 valence electrons. The van der Waals surface area contributed by atoms with Crippen molar-refractivity contribution in [2.45, 2.75) is 33.9 Å². The molecule has 1 aromatic heterocycles. The third-order valence-electron chi connectivity index (χ3n) is 5.62. The molecule has 0 saturated heterocycles. The van der Waals surface area contributed by atoms with Gasteiger partial charge in [-0.05, 0) is 54.8 Å². The summed E-state index contributed by atoms with van der Waals surface area (Å²) < 4.78 is 29.8. The number of hydrogen-bond donors (Lipinski definition) is 0. The van der Waals surface area contributed by atoms with Crippen molar-refractivity contribution in [3.05, 3.63) is 83.1 Å². The summed E-state index contributed by atoms with van der Waals surface area (Å²) in [5.74, 6) is 1.51. The Kier molecular flexibility index (Phi) is 9.11. The maximum Gasteiger partial charge on any atom is 0.258 e. The number of amides is 2. The first kappa shape index (κ1) is 26.8. The molecule has 8 heteroatoms. The Bertz CT molecular complexity index is 1170. The van der Waals surface area contributed by atoms with E-state index < -0.39 is 0 Å². The van der Waals surface area contributed by atoms with Crippen molar-refractivity contribution in [3.63, 3.8) is 0 Å². The highest BCUT2D eigenvalue weighted by Gasteiger charge is 2.26. The lowest BCUT2D eigenvalue weighted by Gasteiger charge is -2.29. The van der Waals surface area contributed by atoms with Crippen LogP contribution in [-0.4, -0.2) is 48.9 Å². The fraction of sp³-hybridized carbons (Fsp3) is 0.357. The topological polar surface area (TPSA) is 72.2 Å². The molecule has 0 bridgehead atoms. The van der Waals surface area contributed by atoms with Crippen molar-refractivity contribution in [1.82, 2.24) is 9.80 Å². The van der Waals surface area contributed by atoms with Crippen molar-refractivity contribution < 1.29 is 27.9 Å². The lowest BCUT2D eigenvalue weighted by atomic mass is 10.1. The molecule has 36 heavy (non-hydrogen) atoms. The van der Waals surface area contributed by atoms with Crippen molar-refractivity contribution in [2.75, 3.05) is 27.3 Å². The fourth-order valence-corrected chi connectivity index (χ4v) is 3.87. The molecule has 0 spiro atoms. The zero-order chi connectivity index (χ0) is 26.2. The minimum Gasteiger partial charge on any atom is -0.497 e. The summed E-state index contributed by atoms with van der Waals surface area (Å²) in [5, 5.41) is 0. The van der Waals surface area contributed by atoms with Gasteiger partial charge in [0.05, 0.1) is 26.3 Å². The van der Waals surface area contributed by atoms with Crippen molar-refractivity contribution >= 4 is 11.8 Å². The summed E-state index contributed by atoms with van der Waals surface area (Å²) in [5.41, 5.74) is 1.12. The molecular weight excluding hydrogens is 463 g/mol. The van der Waals surface area contributed by atoms with Crippen molar-refractivity contribution in [3.8, 4) is 11.5 Å². The van der Waals surface area contributed by atoms with Crippen molar-refractivity contribution in [2.24, 2.45) is 5.92 Å². The average molecular weight is 497 g/mol. The molecule has 1 heterocycles. The second-order valence-corrected chi connectivity index (χ2v) is 9.03. The Hall–Kier alpha value is -3.81. The second kappa shape index (κ2) is 12.2. The Labute approximate surface area is 211 Å². The zero-order valence-electron chi connectivity index (χ0n) is 21.4. The van der Waals surface area contributed by atoms with Crippen LogP contribution in [0, 0.1) is 18.7 Å². The van der Waals surface area contributed by atoms with Crippen LogP contribution in [0.1, 0.15) is 41.3 Å². The summed E-state index contributed by atoms with van der Waals surface area (Å²) in [6.07, 6.45) is 0. The van der Waals surface area contributed by atoms with Crippen LogP contribution in [-0.2, 0) is 17.9 Å². The number of hydrogen-bond acceptors (Lipinski definition) is 5. The Morgan fingerprint density at radius 2 is 1.67 bits per heavy atom. The van der Waals surface area contributed by atoms with E-state index in [2.05, 4.69) is 0 Å². The van der Waals surface area contributed by atoms with Gasteiger partial charge < -0.3 is 23.7 Å². The molecule has 3 rings (SSSR count). The molecular formula is C28H33FN2O5. The summed E-state index contributed by atoms with van der Waals surface area (Å²) in [6.45, 7) is 6.52. The van der Waals surface area contributed by atoms with Crippen LogP contribution in [0.5, 0.6) is 11.5 Å². The van der Waals surface area contributed by atoms with E-state index in [0.29, 0.717) is 29.4 Å². The number of furan rings is 1. The third-order valence-corrected chi connectivity index (χ3v) is 5.62. The zero-order valence-corrected chi connectivity index (χ0v) is 21.4. The van der Waals surface area contributed by atoms with E-state index in [9.17, 15) is 14.0 Å². The van der Waals surface area contributed by atoms with Crippen LogP contribution in [0.15, 0.2) is 59.0 Å². The maximum absolute atomic E-state index is 13.6. The highest BCUT2D eigenvalue weighted by molar-refractivity contribution is 5.99. The van der Waals surface area contributed by atoms with Crippen molar-refractivity contribution in [1.29, 1.82) is 0 Å².